The molecule has 22 heavy (non-hydrogen) atoms. The fraction of sp³-hybridized carbons (Fsp3) is 0.125. The Bertz CT molecular complexity index is 711. The molecule has 0 fully saturated rings. The monoisotopic (exact) mass is 304 g/mol. The summed E-state index contributed by atoms with van der Waals surface area (Å²) in [6, 6.07) is 9.50. The number of methoxy groups -OCH3 is 1. The van der Waals surface area contributed by atoms with Crippen LogP contribution in [0.25, 0.3) is 0 Å². The molecule has 2 aromatic carbocycles. The van der Waals surface area contributed by atoms with Crippen molar-refractivity contribution in [2.75, 3.05) is 13.7 Å². The first-order valence-corrected chi connectivity index (χ1v) is 6.34. The molecule has 0 heterocycles. The summed E-state index contributed by atoms with van der Waals surface area (Å²) >= 11 is 0. The summed E-state index contributed by atoms with van der Waals surface area (Å²) in [6.07, 6.45) is 0. The summed E-state index contributed by atoms with van der Waals surface area (Å²) in [5.41, 5.74) is 0.0135. The zero-order valence-electron chi connectivity index (χ0n) is 11.7. The van der Waals surface area contributed by atoms with Gasteiger partial charge in [0.15, 0.2) is 24.0 Å². The molecule has 2 rings (SSSR count). The lowest BCUT2D eigenvalue weighted by molar-refractivity contribution is 0.0471. The molecule has 0 atom stereocenters. The van der Waals surface area contributed by atoms with Crippen molar-refractivity contribution in [3.8, 4) is 11.5 Å². The molecule has 0 unspecified atom stereocenters. The maximum Gasteiger partial charge on any atom is 0.342 e. The lowest BCUT2D eigenvalue weighted by atomic mass is 10.1. The molecular weight excluding hydrogens is 291 g/mol. The van der Waals surface area contributed by atoms with E-state index in [-0.39, 0.29) is 22.6 Å². The maximum atomic E-state index is 13.5. The zero-order valence-corrected chi connectivity index (χ0v) is 11.7. The van der Waals surface area contributed by atoms with Gasteiger partial charge in [0.1, 0.15) is 11.3 Å². The van der Waals surface area contributed by atoms with Gasteiger partial charge in [-0.05, 0) is 30.3 Å². The topological polar surface area (TPSA) is 72.8 Å². The predicted octanol–water partition coefficient (Wildman–Crippen LogP) is 2.58. The highest BCUT2D eigenvalue weighted by Gasteiger charge is 2.15. The molecule has 0 spiro atoms. The fourth-order valence-electron chi connectivity index (χ4n) is 1.78. The zero-order chi connectivity index (χ0) is 16.1. The smallest absolute Gasteiger partial charge is 0.342 e. The number of esters is 1. The van der Waals surface area contributed by atoms with Crippen LogP contribution in [0, 0.1) is 5.82 Å². The van der Waals surface area contributed by atoms with E-state index in [4.69, 9.17) is 9.47 Å². The van der Waals surface area contributed by atoms with Crippen molar-refractivity contribution in [2.45, 2.75) is 0 Å². The van der Waals surface area contributed by atoms with Crippen LogP contribution >= 0.6 is 0 Å². The van der Waals surface area contributed by atoms with E-state index in [2.05, 4.69) is 0 Å². The number of ether oxygens (including phenoxy) is 2. The van der Waals surface area contributed by atoms with Gasteiger partial charge in [-0.2, -0.15) is 0 Å². The van der Waals surface area contributed by atoms with E-state index in [1.165, 1.54) is 31.4 Å². The van der Waals surface area contributed by atoms with Gasteiger partial charge in [-0.1, -0.05) is 12.1 Å². The molecule has 2 aromatic rings. The Balaban J connectivity index is 2.02. The molecule has 0 saturated heterocycles. The average molecular weight is 304 g/mol. The fourth-order valence-corrected chi connectivity index (χ4v) is 1.78. The van der Waals surface area contributed by atoms with Gasteiger partial charge in [0.05, 0.1) is 7.11 Å². The minimum atomic E-state index is -0.833. The van der Waals surface area contributed by atoms with Crippen molar-refractivity contribution in [2.24, 2.45) is 0 Å². The molecule has 6 heteroatoms. The van der Waals surface area contributed by atoms with E-state index >= 15 is 0 Å². The van der Waals surface area contributed by atoms with Crippen molar-refractivity contribution in [1.82, 2.24) is 0 Å². The average Bonchev–Trinajstić information content (AvgIpc) is 2.52. The molecule has 0 aliphatic rings. The van der Waals surface area contributed by atoms with E-state index < -0.39 is 24.2 Å². The van der Waals surface area contributed by atoms with Crippen LogP contribution in [0.15, 0.2) is 42.5 Å². The van der Waals surface area contributed by atoms with Gasteiger partial charge >= 0.3 is 5.97 Å². The summed E-state index contributed by atoms with van der Waals surface area (Å²) in [7, 11) is 1.31. The highest BCUT2D eigenvalue weighted by Crippen LogP contribution is 2.19. The minimum Gasteiger partial charge on any atom is -0.507 e. The number of para-hydroxylation sites is 1. The first-order valence-electron chi connectivity index (χ1n) is 6.34. The normalized spacial score (nSPS) is 10.1. The van der Waals surface area contributed by atoms with E-state index in [9.17, 15) is 19.1 Å². The first kappa shape index (κ1) is 15.5. The lowest BCUT2D eigenvalue weighted by Gasteiger charge is -2.07. The summed E-state index contributed by atoms with van der Waals surface area (Å²) in [6.45, 7) is -0.557. The summed E-state index contributed by atoms with van der Waals surface area (Å²) in [4.78, 5) is 23.6. The molecule has 0 aliphatic carbocycles. The largest absolute Gasteiger partial charge is 0.507 e. The summed E-state index contributed by atoms with van der Waals surface area (Å²) < 4.78 is 23.1. The number of aromatic hydroxyl groups is 1. The first-order chi connectivity index (χ1) is 10.5. The number of hydrogen-bond donors (Lipinski definition) is 1. The predicted molar refractivity (Wildman–Crippen MR) is 75.7 cm³/mol. The van der Waals surface area contributed by atoms with Crippen molar-refractivity contribution in [3.63, 3.8) is 0 Å². The van der Waals surface area contributed by atoms with Gasteiger partial charge in [-0.3, -0.25) is 4.79 Å². The number of carbonyl (C=O) groups excluding carboxylic acids is 2. The van der Waals surface area contributed by atoms with Crippen LogP contribution in [-0.4, -0.2) is 30.6 Å². The highest BCUT2D eigenvalue weighted by atomic mass is 19.1. The van der Waals surface area contributed by atoms with Crippen LogP contribution in [0.4, 0.5) is 4.39 Å². The second-order valence-electron chi connectivity index (χ2n) is 4.37. The number of Topliss-reactive ketones (excluding diaryl/α,β-unsaturated/α-hetero) is 1. The Morgan fingerprint density at radius 2 is 1.91 bits per heavy atom. The minimum absolute atomic E-state index is 0.0164. The molecule has 0 amide bonds. The number of halogens is 1. The van der Waals surface area contributed by atoms with E-state index in [0.717, 1.165) is 6.07 Å². The van der Waals surface area contributed by atoms with Gasteiger partial charge in [0, 0.05) is 5.56 Å². The molecule has 0 saturated carbocycles. The van der Waals surface area contributed by atoms with Crippen LogP contribution in [-0.2, 0) is 4.74 Å². The van der Waals surface area contributed by atoms with Crippen molar-refractivity contribution < 1.29 is 28.6 Å². The third-order valence-electron chi connectivity index (χ3n) is 2.93. The van der Waals surface area contributed by atoms with Crippen LogP contribution in [0.2, 0.25) is 0 Å². The molecule has 1 N–H and O–H groups in total. The van der Waals surface area contributed by atoms with Crippen LogP contribution in [0.3, 0.4) is 0 Å². The van der Waals surface area contributed by atoms with Gasteiger partial charge in [-0.15, -0.1) is 0 Å². The number of rotatable bonds is 5. The maximum absolute atomic E-state index is 13.5. The Hall–Kier alpha value is -2.89. The van der Waals surface area contributed by atoms with Crippen molar-refractivity contribution in [1.29, 1.82) is 0 Å². The number of phenolic OH excluding ortho intramolecular Hbond substituents is 1. The molecule has 0 aromatic heterocycles. The van der Waals surface area contributed by atoms with Gasteiger partial charge in [0.2, 0.25) is 0 Å². The Morgan fingerprint density at radius 3 is 2.55 bits per heavy atom. The number of benzene rings is 2. The van der Waals surface area contributed by atoms with Gasteiger partial charge in [-0.25, -0.2) is 9.18 Å². The highest BCUT2D eigenvalue weighted by molar-refractivity contribution is 6.00. The SMILES string of the molecule is COc1ccc(C(=O)COC(=O)c2ccccc2O)cc1F. The standard InChI is InChI=1S/C16H13FO5/c1-21-15-7-6-10(8-12(15)17)14(19)9-22-16(20)11-4-2-3-5-13(11)18/h2-8,18H,9H2,1H3. The Kier molecular flexibility index (Phi) is 4.73. The van der Waals surface area contributed by atoms with Gasteiger partial charge < -0.3 is 14.6 Å². The molecule has 0 aliphatic heterocycles. The molecular formula is C16H13FO5. The number of carbonyl (C=O) groups is 2. The van der Waals surface area contributed by atoms with Crippen LogP contribution < -0.4 is 4.74 Å². The van der Waals surface area contributed by atoms with Crippen LogP contribution in [0.1, 0.15) is 20.7 Å². The molecule has 0 bridgehead atoms. The Morgan fingerprint density at radius 1 is 1.18 bits per heavy atom. The second-order valence-corrected chi connectivity index (χ2v) is 4.37. The van der Waals surface area contributed by atoms with Crippen LogP contribution in [0.5, 0.6) is 11.5 Å². The molecule has 114 valence electrons. The van der Waals surface area contributed by atoms with E-state index in [1.54, 1.807) is 12.1 Å². The quantitative estimate of drug-likeness (QED) is 0.679. The molecule has 5 nitrogen and oxygen atoms in total. The van der Waals surface area contributed by atoms with Crippen molar-refractivity contribution >= 4 is 11.8 Å². The second kappa shape index (κ2) is 6.71. The van der Waals surface area contributed by atoms with E-state index in [1.807, 2.05) is 0 Å². The molecule has 0 radical (unpaired) electrons. The number of hydrogen-bond acceptors (Lipinski definition) is 5. The summed E-state index contributed by atoms with van der Waals surface area (Å²) in [5.74, 6) is -2.30. The summed E-state index contributed by atoms with van der Waals surface area (Å²) in [5, 5.41) is 9.51. The van der Waals surface area contributed by atoms with Gasteiger partial charge in [0.25, 0.3) is 0 Å². The number of phenols is 1. The van der Waals surface area contributed by atoms with E-state index in [0.29, 0.717) is 0 Å². The Labute approximate surface area is 125 Å². The van der Waals surface area contributed by atoms with Crippen molar-refractivity contribution in [3.05, 3.63) is 59.4 Å². The third kappa shape index (κ3) is 3.41. The number of ketones is 1. The lowest BCUT2D eigenvalue weighted by Crippen LogP contribution is -2.14. The third-order valence-corrected chi connectivity index (χ3v) is 2.93.